The van der Waals surface area contributed by atoms with Gasteiger partial charge < -0.3 is 15.1 Å². The molecule has 1 N–H and O–H groups in total. The summed E-state index contributed by atoms with van der Waals surface area (Å²) in [6.45, 7) is 5.26. The number of benzene rings is 2. The van der Waals surface area contributed by atoms with Gasteiger partial charge in [-0.25, -0.2) is 0 Å². The van der Waals surface area contributed by atoms with Gasteiger partial charge >= 0.3 is 0 Å². The van der Waals surface area contributed by atoms with Gasteiger partial charge in [0.15, 0.2) is 0 Å². The number of rotatable bonds is 6. The molecule has 0 bridgehead atoms. The van der Waals surface area contributed by atoms with E-state index in [0.717, 1.165) is 37.1 Å². The molecule has 2 aromatic carbocycles. The standard InChI is InChI=1S/C22H26N4O4/c1-15-7-6-8-18(16(15)2)23-21(27)14-24(3)22(28)17-9-10-19(20(13-17)26(29)30)25-11-4-5-12-25/h6-10,13H,4-5,11-12,14H2,1-3H3,(H,23,27). The molecule has 3 rings (SSSR count). The van der Waals surface area contributed by atoms with Gasteiger partial charge in [-0.1, -0.05) is 12.1 Å². The number of nitrogens with zero attached hydrogens (tertiary/aromatic N) is 3. The lowest BCUT2D eigenvalue weighted by molar-refractivity contribution is -0.384. The van der Waals surface area contributed by atoms with Crippen LogP contribution in [0.5, 0.6) is 0 Å². The molecule has 8 heteroatoms. The second-order valence-corrected chi connectivity index (χ2v) is 7.61. The maximum atomic E-state index is 12.8. The van der Waals surface area contributed by atoms with Crippen LogP contribution in [0.15, 0.2) is 36.4 Å². The molecule has 0 saturated carbocycles. The van der Waals surface area contributed by atoms with Crippen molar-refractivity contribution in [2.45, 2.75) is 26.7 Å². The smallest absolute Gasteiger partial charge is 0.293 e. The minimum atomic E-state index is -0.461. The molecule has 8 nitrogen and oxygen atoms in total. The Morgan fingerprint density at radius 1 is 1.17 bits per heavy atom. The van der Waals surface area contributed by atoms with Crippen LogP contribution in [0.4, 0.5) is 17.1 Å². The minimum absolute atomic E-state index is 0.0870. The van der Waals surface area contributed by atoms with Crippen LogP contribution in [0.1, 0.15) is 34.3 Å². The first kappa shape index (κ1) is 21.3. The van der Waals surface area contributed by atoms with Crippen molar-refractivity contribution in [1.82, 2.24) is 4.90 Å². The summed E-state index contributed by atoms with van der Waals surface area (Å²) in [6, 6.07) is 10.1. The molecule has 2 aromatic rings. The highest BCUT2D eigenvalue weighted by atomic mass is 16.6. The number of hydrogen-bond acceptors (Lipinski definition) is 5. The monoisotopic (exact) mass is 410 g/mol. The molecule has 1 saturated heterocycles. The van der Waals surface area contributed by atoms with Crippen LogP contribution in [-0.4, -0.2) is 48.3 Å². The van der Waals surface area contributed by atoms with E-state index < -0.39 is 10.8 Å². The molecule has 1 fully saturated rings. The van der Waals surface area contributed by atoms with Gasteiger partial charge in [-0.05, 0) is 56.0 Å². The Kier molecular flexibility index (Phi) is 6.34. The van der Waals surface area contributed by atoms with Crippen molar-refractivity contribution in [3.05, 3.63) is 63.2 Å². The average Bonchev–Trinajstić information content (AvgIpc) is 3.25. The molecule has 0 aromatic heterocycles. The van der Waals surface area contributed by atoms with E-state index in [-0.39, 0.29) is 23.7 Å². The number of carbonyl (C=O) groups is 2. The van der Waals surface area contributed by atoms with Crippen molar-refractivity contribution in [2.24, 2.45) is 0 Å². The summed E-state index contributed by atoms with van der Waals surface area (Å²) in [5.41, 5.74) is 3.36. The zero-order valence-electron chi connectivity index (χ0n) is 17.5. The number of likely N-dealkylation sites (N-methyl/N-ethyl adjacent to an activating group) is 1. The van der Waals surface area contributed by atoms with E-state index in [1.165, 1.54) is 18.0 Å². The topological polar surface area (TPSA) is 95.8 Å². The molecule has 0 radical (unpaired) electrons. The maximum Gasteiger partial charge on any atom is 0.293 e. The molecule has 0 spiro atoms. The number of aryl methyl sites for hydroxylation is 1. The minimum Gasteiger partial charge on any atom is -0.366 e. The highest BCUT2D eigenvalue weighted by Gasteiger charge is 2.25. The van der Waals surface area contributed by atoms with Gasteiger partial charge in [0, 0.05) is 37.5 Å². The summed E-state index contributed by atoms with van der Waals surface area (Å²) in [5, 5.41) is 14.4. The van der Waals surface area contributed by atoms with E-state index in [1.807, 2.05) is 36.9 Å². The second-order valence-electron chi connectivity index (χ2n) is 7.61. The maximum absolute atomic E-state index is 12.8. The number of hydrogen-bond donors (Lipinski definition) is 1. The van der Waals surface area contributed by atoms with Crippen molar-refractivity contribution in [2.75, 3.05) is 36.9 Å². The Bertz CT molecular complexity index is 983. The quantitative estimate of drug-likeness (QED) is 0.581. The van der Waals surface area contributed by atoms with Crippen LogP contribution in [0.25, 0.3) is 0 Å². The fourth-order valence-electron chi connectivity index (χ4n) is 3.61. The molecule has 30 heavy (non-hydrogen) atoms. The van der Waals surface area contributed by atoms with Crippen LogP contribution < -0.4 is 10.2 Å². The zero-order valence-corrected chi connectivity index (χ0v) is 17.5. The van der Waals surface area contributed by atoms with E-state index in [0.29, 0.717) is 11.4 Å². The van der Waals surface area contributed by atoms with E-state index in [1.54, 1.807) is 12.1 Å². The summed E-state index contributed by atoms with van der Waals surface area (Å²) in [5.74, 6) is -0.773. The molecule has 0 atom stereocenters. The van der Waals surface area contributed by atoms with Gasteiger partial charge in [0.25, 0.3) is 11.6 Å². The van der Waals surface area contributed by atoms with Crippen molar-refractivity contribution in [3.63, 3.8) is 0 Å². The lowest BCUT2D eigenvalue weighted by atomic mass is 10.1. The predicted octanol–water partition coefficient (Wildman–Crippen LogP) is 3.52. The van der Waals surface area contributed by atoms with Gasteiger partial charge in [0.2, 0.25) is 5.91 Å². The number of nitrogens with one attached hydrogen (secondary N) is 1. The van der Waals surface area contributed by atoms with Gasteiger partial charge in [-0.15, -0.1) is 0 Å². The lowest BCUT2D eigenvalue weighted by Crippen LogP contribution is -2.35. The number of nitro benzene ring substituents is 1. The van der Waals surface area contributed by atoms with Crippen LogP contribution in [-0.2, 0) is 4.79 Å². The summed E-state index contributed by atoms with van der Waals surface area (Å²) in [4.78, 5) is 39.5. The summed E-state index contributed by atoms with van der Waals surface area (Å²) in [6.07, 6.45) is 1.99. The third kappa shape index (κ3) is 4.59. The molecular formula is C22H26N4O4. The van der Waals surface area contributed by atoms with Gasteiger partial charge in [-0.2, -0.15) is 0 Å². The molecule has 1 aliphatic rings. The molecule has 0 aliphatic carbocycles. The van der Waals surface area contributed by atoms with Gasteiger partial charge in [0.1, 0.15) is 5.69 Å². The molecular weight excluding hydrogens is 384 g/mol. The predicted molar refractivity (Wildman–Crippen MR) is 116 cm³/mol. The first-order valence-electron chi connectivity index (χ1n) is 9.93. The third-order valence-corrected chi connectivity index (χ3v) is 5.47. The first-order chi connectivity index (χ1) is 14.3. The largest absolute Gasteiger partial charge is 0.366 e. The number of anilines is 2. The molecule has 158 valence electrons. The van der Waals surface area contributed by atoms with E-state index >= 15 is 0 Å². The highest BCUT2D eigenvalue weighted by molar-refractivity contribution is 6.00. The molecule has 1 heterocycles. The fourth-order valence-corrected chi connectivity index (χ4v) is 3.61. The van der Waals surface area contributed by atoms with E-state index in [4.69, 9.17) is 0 Å². The Morgan fingerprint density at radius 3 is 2.53 bits per heavy atom. The Hall–Kier alpha value is -3.42. The Morgan fingerprint density at radius 2 is 1.87 bits per heavy atom. The summed E-state index contributed by atoms with van der Waals surface area (Å²) < 4.78 is 0. The SMILES string of the molecule is Cc1cccc(NC(=O)CN(C)C(=O)c2ccc(N3CCCC3)c([N+](=O)[O-])c2)c1C. The normalized spacial score (nSPS) is 13.2. The molecule has 2 amide bonds. The summed E-state index contributed by atoms with van der Waals surface area (Å²) >= 11 is 0. The lowest BCUT2D eigenvalue weighted by Gasteiger charge is -2.20. The van der Waals surface area contributed by atoms with Crippen LogP contribution in [0.2, 0.25) is 0 Å². The van der Waals surface area contributed by atoms with Crippen LogP contribution >= 0.6 is 0 Å². The van der Waals surface area contributed by atoms with Crippen LogP contribution in [0, 0.1) is 24.0 Å². The zero-order chi connectivity index (χ0) is 21.8. The Labute approximate surface area is 175 Å². The van der Waals surface area contributed by atoms with Gasteiger partial charge in [-0.3, -0.25) is 19.7 Å². The Balaban J connectivity index is 1.72. The number of carbonyl (C=O) groups excluding carboxylic acids is 2. The fraction of sp³-hybridized carbons (Fsp3) is 0.364. The second kappa shape index (κ2) is 8.94. The van der Waals surface area contributed by atoms with E-state index in [9.17, 15) is 19.7 Å². The molecule has 1 aliphatic heterocycles. The highest BCUT2D eigenvalue weighted by Crippen LogP contribution is 2.32. The first-order valence-corrected chi connectivity index (χ1v) is 9.93. The van der Waals surface area contributed by atoms with Crippen LogP contribution in [0.3, 0.4) is 0 Å². The van der Waals surface area contributed by atoms with E-state index in [2.05, 4.69) is 5.32 Å². The van der Waals surface area contributed by atoms with Crippen molar-refractivity contribution < 1.29 is 14.5 Å². The summed E-state index contributed by atoms with van der Waals surface area (Å²) in [7, 11) is 1.51. The molecule has 0 unspecified atom stereocenters. The number of nitro groups is 1. The van der Waals surface area contributed by atoms with Crippen molar-refractivity contribution in [1.29, 1.82) is 0 Å². The van der Waals surface area contributed by atoms with Crippen molar-refractivity contribution >= 4 is 28.9 Å². The third-order valence-electron chi connectivity index (χ3n) is 5.47. The average molecular weight is 410 g/mol. The number of amides is 2. The van der Waals surface area contributed by atoms with Crippen molar-refractivity contribution in [3.8, 4) is 0 Å². The van der Waals surface area contributed by atoms with Gasteiger partial charge in [0.05, 0.1) is 11.5 Å².